The third-order valence-electron chi connectivity index (χ3n) is 7.06. The summed E-state index contributed by atoms with van der Waals surface area (Å²) in [6, 6.07) is 10.5. The standard InChI is InChI=1S/C24H37N5O2/c1-24(2)18-28(22(30)25-15-19-9-5-3-6-10-19)17-21-16-27(13-14-29(21)24)23(31)26-20-11-7-4-8-12-20/h3,5-6,9-10,20-21H,4,7-8,11-18H2,1-2H3,(H,25,30)(H,26,31). The highest BCUT2D eigenvalue weighted by molar-refractivity contribution is 5.75. The van der Waals surface area contributed by atoms with Gasteiger partial charge in [-0.2, -0.15) is 0 Å². The number of carbonyl (C=O) groups is 2. The zero-order valence-corrected chi connectivity index (χ0v) is 19.0. The quantitative estimate of drug-likeness (QED) is 0.779. The van der Waals surface area contributed by atoms with Crippen molar-refractivity contribution in [2.45, 2.75) is 70.1 Å². The lowest BCUT2D eigenvalue weighted by Crippen LogP contribution is -2.71. The number of amides is 4. The van der Waals surface area contributed by atoms with E-state index >= 15 is 0 Å². The number of hydrogen-bond donors (Lipinski definition) is 2. The summed E-state index contributed by atoms with van der Waals surface area (Å²) in [7, 11) is 0. The molecule has 1 unspecified atom stereocenters. The van der Waals surface area contributed by atoms with Crippen molar-refractivity contribution in [3.05, 3.63) is 35.9 Å². The maximum absolute atomic E-state index is 12.9. The molecule has 0 radical (unpaired) electrons. The molecule has 1 atom stereocenters. The van der Waals surface area contributed by atoms with Gasteiger partial charge in [-0.05, 0) is 32.3 Å². The molecule has 1 saturated carbocycles. The third kappa shape index (κ3) is 5.32. The Hall–Kier alpha value is -2.28. The monoisotopic (exact) mass is 427 g/mol. The summed E-state index contributed by atoms with van der Waals surface area (Å²) < 4.78 is 0. The molecule has 1 aliphatic carbocycles. The topological polar surface area (TPSA) is 67.9 Å². The SMILES string of the molecule is CC1(C)CN(C(=O)NCc2ccccc2)CC2CN(C(=O)NC3CCCCC3)CCN21. The zero-order chi connectivity index (χ0) is 21.8. The molecule has 3 fully saturated rings. The summed E-state index contributed by atoms with van der Waals surface area (Å²) in [5, 5.41) is 6.32. The Morgan fingerprint density at radius 2 is 1.68 bits per heavy atom. The minimum atomic E-state index is -0.112. The van der Waals surface area contributed by atoms with Gasteiger partial charge < -0.3 is 20.4 Å². The molecule has 2 aliphatic heterocycles. The summed E-state index contributed by atoms with van der Waals surface area (Å²) in [5.74, 6) is 0. The van der Waals surface area contributed by atoms with Crippen LogP contribution in [0.4, 0.5) is 9.59 Å². The Balaban J connectivity index is 1.35. The van der Waals surface area contributed by atoms with E-state index in [0.717, 1.165) is 31.5 Å². The molecule has 3 aliphatic rings. The van der Waals surface area contributed by atoms with E-state index in [2.05, 4.69) is 29.4 Å². The zero-order valence-electron chi connectivity index (χ0n) is 19.0. The molecule has 7 heteroatoms. The second-order valence-electron chi connectivity index (χ2n) is 9.91. The molecule has 31 heavy (non-hydrogen) atoms. The van der Waals surface area contributed by atoms with Crippen molar-refractivity contribution in [3.63, 3.8) is 0 Å². The Labute approximate surface area is 186 Å². The predicted molar refractivity (Wildman–Crippen MR) is 122 cm³/mol. The largest absolute Gasteiger partial charge is 0.335 e. The third-order valence-corrected chi connectivity index (χ3v) is 7.06. The first kappa shape index (κ1) is 21.9. The van der Waals surface area contributed by atoms with E-state index in [1.54, 1.807) is 0 Å². The second kappa shape index (κ2) is 9.47. The number of nitrogens with one attached hydrogen (secondary N) is 2. The van der Waals surface area contributed by atoms with E-state index in [0.29, 0.717) is 32.2 Å². The minimum Gasteiger partial charge on any atom is -0.335 e. The van der Waals surface area contributed by atoms with E-state index in [4.69, 9.17) is 0 Å². The van der Waals surface area contributed by atoms with Crippen LogP contribution in [0, 0.1) is 0 Å². The van der Waals surface area contributed by atoms with Gasteiger partial charge in [0.25, 0.3) is 0 Å². The number of urea groups is 2. The fraction of sp³-hybridized carbons (Fsp3) is 0.667. The lowest BCUT2D eigenvalue weighted by Gasteiger charge is -2.55. The van der Waals surface area contributed by atoms with Crippen LogP contribution in [0.5, 0.6) is 0 Å². The van der Waals surface area contributed by atoms with Gasteiger partial charge in [-0.3, -0.25) is 4.90 Å². The molecular weight excluding hydrogens is 390 g/mol. The van der Waals surface area contributed by atoms with Gasteiger partial charge >= 0.3 is 12.1 Å². The van der Waals surface area contributed by atoms with Gasteiger partial charge in [0, 0.05) is 56.9 Å². The smallest absolute Gasteiger partial charge is 0.317 e. The minimum absolute atomic E-state index is 0.0274. The summed E-state index contributed by atoms with van der Waals surface area (Å²) in [5.41, 5.74) is 0.982. The number of benzene rings is 1. The predicted octanol–water partition coefficient (Wildman–Crippen LogP) is 3.02. The summed E-state index contributed by atoms with van der Waals surface area (Å²) in [4.78, 5) is 32.2. The van der Waals surface area contributed by atoms with Gasteiger partial charge in [-0.25, -0.2) is 9.59 Å². The van der Waals surface area contributed by atoms with Crippen LogP contribution in [0.15, 0.2) is 30.3 Å². The van der Waals surface area contributed by atoms with Crippen molar-refractivity contribution in [2.75, 3.05) is 32.7 Å². The number of carbonyl (C=O) groups excluding carboxylic acids is 2. The van der Waals surface area contributed by atoms with Crippen LogP contribution in [0.3, 0.4) is 0 Å². The normalized spacial score (nSPS) is 24.4. The van der Waals surface area contributed by atoms with Crippen molar-refractivity contribution in [3.8, 4) is 0 Å². The molecule has 4 rings (SSSR count). The van der Waals surface area contributed by atoms with Crippen LogP contribution in [-0.4, -0.2) is 77.1 Å². The fourth-order valence-electron chi connectivity index (χ4n) is 5.42. The van der Waals surface area contributed by atoms with Gasteiger partial charge in [0.2, 0.25) is 0 Å². The average molecular weight is 428 g/mol. The lowest BCUT2D eigenvalue weighted by molar-refractivity contribution is -0.0439. The maximum atomic E-state index is 12.9. The van der Waals surface area contributed by atoms with Gasteiger partial charge in [-0.1, -0.05) is 49.6 Å². The highest BCUT2D eigenvalue weighted by Crippen LogP contribution is 2.28. The molecule has 0 spiro atoms. The molecule has 170 valence electrons. The van der Waals surface area contributed by atoms with Gasteiger partial charge in [-0.15, -0.1) is 0 Å². The Kier molecular flexibility index (Phi) is 6.70. The van der Waals surface area contributed by atoms with E-state index in [9.17, 15) is 9.59 Å². The molecule has 1 aromatic carbocycles. The first-order chi connectivity index (χ1) is 14.9. The second-order valence-corrected chi connectivity index (χ2v) is 9.91. The summed E-state index contributed by atoms with van der Waals surface area (Å²) in [6.07, 6.45) is 5.89. The van der Waals surface area contributed by atoms with Crippen LogP contribution >= 0.6 is 0 Å². The van der Waals surface area contributed by atoms with Crippen LogP contribution in [0.1, 0.15) is 51.5 Å². The van der Waals surface area contributed by atoms with E-state index in [1.807, 2.05) is 40.1 Å². The van der Waals surface area contributed by atoms with Crippen molar-refractivity contribution in [1.82, 2.24) is 25.3 Å². The molecule has 0 aromatic heterocycles. The molecule has 0 bridgehead atoms. The fourth-order valence-corrected chi connectivity index (χ4v) is 5.42. The highest BCUT2D eigenvalue weighted by Gasteiger charge is 2.44. The van der Waals surface area contributed by atoms with Crippen LogP contribution in [0.2, 0.25) is 0 Å². The van der Waals surface area contributed by atoms with Crippen LogP contribution < -0.4 is 10.6 Å². The van der Waals surface area contributed by atoms with Crippen molar-refractivity contribution < 1.29 is 9.59 Å². The Morgan fingerprint density at radius 1 is 0.968 bits per heavy atom. The lowest BCUT2D eigenvalue weighted by atomic mass is 9.93. The van der Waals surface area contributed by atoms with Gasteiger partial charge in [0.15, 0.2) is 0 Å². The highest BCUT2D eigenvalue weighted by atomic mass is 16.2. The van der Waals surface area contributed by atoms with E-state index < -0.39 is 0 Å². The van der Waals surface area contributed by atoms with Gasteiger partial charge in [0.05, 0.1) is 0 Å². The first-order valence-electron chi connectivity index (χ1n) is 11.8. The van der Waals surface area contributed by atoms with E-state index in [1.165, 1.54) is 19.3 Å². The average Bonchev–Trinajstić information content (AvgIpc) is 2.78. The van der Waals surface area contributed by atoms with Crippen molar-refractivity contribution in [1.29, 1.82) is 0 Å². The van der Waals surface area contributed by atoms with Crippen molar-refractivity contribution >= 4 is 12.1 Å². The number of piperazine rings is 2. The Bertz CT molecular complexity index is 762. The number of hydrogen-bond acceptors (Lipinski definition) is 3. The molecule has 2 N–H and O–H groups in total. The Morgan fingerprint density at radius 3 is 2.42 bits per heavy atom. The van der Waals surface area contributed by atoms with Gasteiger partial charge in [0.1, 0.15) is 0 Å². The van der Waals surface area contributed by atoms with Crippen LogP contribution in [-0.2, 0) is 6.54 Å². The van der Waals surface area contributed by atoms with Crippen LogP contribution in [0.25, 0.3) is 0 Å². The first-order valence-corrected chi connectivity index (χ1v) is 11.8. The molecule has 7 nitrogen and oxygen atoms in total. The molecular formula is C24H37N5O2. The molecule has 2 heterocycles. The molecule has 2 saturated heterocycles. The number of fused-ring (bicyclic) bond motifs is 1. The maximum Gasteiger partial charge on any atom is 0.317 e. The van der Waals surface area contributed by atoms with Crippen molar-refractivity contribution in [2.24, 2.45) is 0 Å². The summed E-state index contributed by atoms with van der Waals surface area (Å²) >= 11 is 0. The number of rotatable bonds is 3. The molecule has 1 aromatic rings. The van der Waals surface area contributed by atoms with E-state index in [-0.39, 0.29) is 23.6 Å². The number of nitrogens with zero attached hydrogens (tertiary/aromatic N) is 3. The molecule has 4 amide bonds. The summed E-state index contributed by atoms with van der Waals surface area (Å²) in [6.45, 7) is 8.55.